The van der Waals surface area contributed by atoms with Crippen LogP contribution in [0.3, 0.4) is 0 Å². The maximum absolute atomic E-state index is 10.3. The first-order chi connectivity index (χ1) is 9.48. The topological polar surface area (TPSA) is 54.3 Å². The van der Waals surface area contributed by atoms with E-state index in [0.29, 0.717) is 18.9 Å². The fourth-order valence-electron chi connectivity index (χ4n) is 2.79. The van der Waals surface area contributed by atoms with Crippen LogP contribution < -0.4 is 0 Å². The highest BCUT2D eigenvalue weighted by atomic mass is 28.4. The fraction of sp³-hybridized carbons (Fsp3) is 0.933. The number of rotatable bonds is 3. The van der Waals surface area contributed by atoms with E-state index in [4.69, 9.17) is 9.26 Å². The van der Waals surface area contributed by atoms with Crippen LogP contribution in [0.2, 0.25) is 18.1 Å². The molecule has 6 heteroatoms. The summed E-state index contributed by atoms with van der Waals surface area (Å²) in [7, 11) is 0.325. The van der Waals surface area contributed by atoms with Gasteiger partial charge in [0.15, 0.2) is 13.9 Å². The molecule has 0 saturated carbocycles. The summed E-state index contributed by atoms with van der Waals surface area (Å²) in [6, 6.07) is 0.273. The molecule has 21 heavy (non-hydrogen) atoms. The minimum absolute atomic E-state index is 0.213. The van der Waals surface area contributed by atoms with Crippen molar-refractivity contribution in [2.75, 3.05) is 20.2 Å². The minimum atomic E-state index is -1.74. The maximum Gasteiger partial charge on any atom is 0.192 e. The Morgan fingerprint density at radius 2 is 2.10 bits per heavy atom. The van der Waals surface area contributed by atoms with Gasteiger partial charge in [0.05, 0.1) is 5.71 Å². The molecule has 2 heterocycles. The third-order valence-corrected chi connectivity index (χ3v) is 9.93. The van der Waals surface area contributed by atoms with Crippen LogP contribution in [0.1, 0.15) is 34.1 Å². The molecule has 3 unspecified atom stereocenters. The van der Waals surface area contributed by atoms with Crippen molar-refractivity contribution in [3.8, 4) is 0 Å². The predicted molar refractivity (Wildman–Crippen MR) is 87.1 cm³/mol. The number of aliphatic hydroxyl groups excluding tert-OH is 1. The van der Waals surface area contributed by atoms with Crippen LogP contribution in [0, 0.1) is 0 Å². The molecule has 1 spiro atoms. The van der Waals surface area contributed by atoms with Crippen molar-refractivity contribution in [3.05, 3.63) is 0 Å². The summed E-state index contributed by atoms with van der Waals surface area (Å²) in [5.41, 5.74) is 0.106. The van der Waals surface area contributed by atoms with Crippen LogP contribution in [0.5, 0.6) is 0 Å². The van der Waals surface area contributed by atoms with Crippen LogP contribution in [0.4, 0.5) is 0 Å². The molecule has 122 valence electrons. The van der Waals surface area contributed by atoms with E-state index in [1.807, 2.05) is 6.92 Å². The van der Waals surface area contributed by atoms with Crippen LogP contribution in [0.25, 0.3) is 0 Å². The Morgan fingerprint density at radius 3 is 2.57 bits per heavy atom. The van der Waals surface area contributed by atoms with E-state index in [1.54, 1.807) is 0 Å². The number of hydrogen-bond donors (Lipinski definition) is 1. The molecule has 0 aromatic rings. The van der Waals surface area contributed by atoms with Crippen LogP contribution in [-0.4, -0.2) is 62.0 Å². The molecular weight excluding hydrogens is 284 g/mol. The highest BCUT2D eigenvalue weighted by Gasteiger charge is 2.54. The van der Waals surface area contributed by atoms with Gasteiger partial charge in [0, 0.05) is 25.6 Å². The van der Waals surface area contributed by atoms with Gasteiger partial charge in [-0.05, 0) is 32.1 Å². The van der Waals surface area contributed by atoms with Gasteiger partial charge in [0.25, 0.3) is 0 Å². The van der Waals surface area contributed by atoms with Crippen LogP contribution in [-0.2, 0) is 9.26 Å². The van der Waals surface area contributed by atoms with E-state index in [9.17, 15) is 5.11 Å². The molecule has 0 aromatic carbocycles. The van der Waals surface area contributed by atoms with Gasteiger partial charge in [-0.2, -0.15) is 0 Å². The Hall–Kier alpha value is -0.433. The van der Waals surface area contributed by atoms with Gasteiger partial charge in [-0.25, -0.2) is 0 Å². The lowest BCUT2D eigenvalue weighted by Gasteiger charge is -2.37. The van der Waals surface area contributed by atoms with Crippen molar-refractivity contribution < 1.29 is 14.4 Å². The average molecular weight is 315 g/mol. The summed E-state index contributed by atoms with van der Waals surface area (Å²) in [5.74, 6) is 0. The van der Waals surface area contributed by atoms with E-state index in [1.165, 1.54) is 0 Å². The van der Waals surface area contributed by atoms with E-state index < -0.39 is 20.0 Å². The van der Waals surface area contributed by atoms with Crippen molar-refractivity contribution in [1.82, 2.24) is 4.90 Å². The Kier molecular flexibility index (Phi) is 4.30. The second kappa shape index (κ2) is 5.33. The SMILES string of the molecule is CC1=NOC2(CC(CO[Si](C)(C)C(C)(C)C)N(C)C2)C1O. The predicted octanol–water partition coefficient (Wildman–Crippen LogP) is 2.22. The first kappa shape index (κ1) is 16.9. The number of likely N-dealkylation sites (tertiary alicyclic amines) is 1. The summed E-state index contributed by atoms with van der Waals surface area (Å²) < 4.78 is 6.34. The zero-order chi connectivity index (χ0) is 16.1. The third kappa shape index (κ3) is 3.04. The molecule has 2 aliphatic heterocycles. The molecule has 0 amide bonds. The van der Waals surface area contributed by atoms with Crippen LogP contribution in [0.15, 0.2) is 5.16 Å². The second-order valence-electron chi connectivity index (χ2n) is 8.14. The Balaban J connectivity index is 1.98. The van der Waals surface area contributed by atoms with E-state index in [0.717, 1.165) is 6.42 Å². The highest BCUT2D eigenvalue weighted by Crippen LogP contribution is 2.39. The van der Waals surface area contributed by atoms with Crippen molar-refractivity contribution >= 4 is 14.0 Å². The monoisotopic (exact) mass is 314 g/mol. The molecule has 2 rings (SSSR count). The summed E-state index contributed by atoms with van der Waals surface area (Å²) in [6.45, 7) is 14.5. The maximum atomic E-state index is 10.3. The molecule has 2 aliphatic rings. The standard InChI is InChI=1S/C15H30N2O3Si/c1-11-13(18)15(20-16-11)8-12(17(5)10-15)9-19-21(6,7)14(2,3)4/h12-13,18H,8-10H2,1-7H3. The summed E-state index contributed by atoms with van der Waals surface area (Å²) in [4.78, 5) is 7.80. The van der Waals surface area contributed by atoms with Crippen molar-refractivity contribution in [3.63, 3.8) is 0 Å². The lowest BCUT2D eigenvalue weighted by molar-refractivity contribution is -0.0661. The molecule has 0 aromatic heterocycles. The fourth-order valence-corrected chi connectivity index (χ4v) is 3.83. The van der Waals surface area contributed by atoms with Gasteiger partial charge >= 0.3 is 0 Å². The molecule has 5 nitrogen and oxygen atoms in total. The van der Waals surface area contributed by atoms with E-state index in [-0.39, 0.29) is 11.1 Å². The van der Waals surface area contributed by atoms with Crippen molar-refractivity contribution in [2.24, 2.45) is 5.16 Å². The molecular formula is C15H30N2O3Si. The molecule has 3 atom stereocenters. The average Bonchev–Trinajstić information content (AvgIpc) is 2.81. The lowest BCUT2D eigenvalue weighted by Crippen LogP contribution is -2.45. The lowest BCUT2D eigenvalue weighted by atomic mass is 9.92. The first-order valence-corrected chi connectivity index (χ1v) is 10.6. The smallest absolute Gasteiger partial charge is 0.192 e. The van der Waals surface area contributed by atoms with E-state index >= 15 is 0 Å². The summed E-state index contributed by atoms with van der Waals surface area (Å²) >= 11 is 0. The number of likely N-dealkylation sites (N-methyl/N-ethyl adjacent to an activating group) is 1. The molecule has 0 bridgehead atoms. The van der Waals surface area contributed by atoms with E-state index in [2.05, 4.69) is 51.0 Å². The van der Waals surface area contributed by atoms with Crippen molar-refractivity contribution in [1.29, 1.82) is 0 Å². The number of oxime groups is 1. The third-order valence-electron chi connectivity index (χ3n) is 5.43. The molecule has 1 N–H and O–H groups in total. The molecule has 1 saturated heterocycles. The zero-order valence-corrected chi connectivity index (χ0v) is 15.4. The van der Waals surface area contributed by atoms with Gasteiger partial charge < -0.3 is 14.4 Å². The van der Waals surface area contributed by atoms with Gasteiger partial charge in [0.2, 0.25) is 0 Å². The number of aliphatic hydroxyl groups is 1. The highest BCUT2D eigenvalue weighted by molar-refractivity contribution is 6.74. The normalized spacial score (nSPS) is 34.4. The summed E-state index contributed by atoms with van der Waals surface area (Å²) in [6.07, 6.45) is 0.165. The minimum Gasteiger partial charge on any atom is -0.415 e. The summed E-state index contributed by atoms with van der Waals surface area (Å²) in [5, 5.41) is 14.5. The van der Waals surface area contributed by atoms with Gasteiger partial charge in [-0.1, -0.05) is 25.9 Å². The number of nitrogens with zero attached hydrogens (tertiary/aromatic N) is 2. The first-order valence-electron chi connectivity index (χ1n) is 7.73. The Morgan fingerprint density at radius 1 is 1.48 bits per heavy atom. The molecule has 0 radical (unpaired) electrons. The van der Waals surface area contributed by atoms with Crippen molar-refractivity contribution in [2.45, 2.75) is 70.0 Å². The van der Waals surface area contributed by atoms with Gasteiger partial charge in [-0.3, -0.25) is 4.90 Å². The van der Waals surface area contributed by atoms with Crippen LogP contribution >= 0.6 is 0 Å². The Labute approximate surface area is 129 Å². The number of hydrogen-bond acceptors (Lipinski definition) is 5. The second-order valence-corrected chi connectivity index (χ2v) is 12.9. The zero-order valence-electron chi connectivity index (χ0n) is 14.4. The largest absolute Gasteiger partial charge is 0.415 e. The quantitative estimate of drug-likeness (QED) is 0.812. The molecule has 0 aliphatic carbocycles. The van der Waals surface area contributed by atoms with Gasteiger partial charge in [0.1, 0.15) is 6.10 Å². The Bertz CT molecular complexity index is 433. The molecule has 1 fully saturated rings. The van der Waals surface area contributed by atoms with Gasteiger partial charge in [-0.15, -0.1) is 0 Å².